The third-order valence-electron chi connectivity index (χ3n) is 5.98. The highest BCUT2D eigenvalue weighted by atomic mass is 16.5. The molecule has 6 nitrogen and oxygen atoms in total. The molecule has 3 heterocycles. The fourth-order valence-electron chi connectivity index (χ4n) is 4.35. The van der Waals surface area contributed by atoms with Crippen LogP contribution in [0.25, 0.3) is 6.08 Å². The molecule has 3 aliphatic rings. The van der Waals surface area contributed by atoms with Gasteiger partial charge < -0.3 is 19.3 Å². The van der Waals surface area contributed by atoms with Crippen LogP contribution in [0.5, 0.6) is 0 Å². The molecule has 4 rings (SSSR count). The molecule has 0 bridgehead atoms. The number of carbonyl (C=O) groups is 2. The Bertz CT molecular complexity index is 729. The van der Waals surface area contributed by atoms with Gasteiger partial charge in [-0.2, -0.15) is 0 Å². The lowest BCUT2D eigenvalue weighted by Crippen LogP contribution is -2.55. The van der Waals surface area contributed by atoms with Crippen molar-refractivity contribution in [3.05, 3.63) is 42.0 Å². The second kappa shape index (κ2) is 8.45. The Kier molecular flexibility index (Phi) is 5.78. The summed E-state index contributed by atoms with van der Waals surface area (Å²) in [7, 11) is 0. The molecule has 3 fully saturated rings. The molecule has 1 aromatic rings. The summed E-state index contributed by atoms with van der Waals surface area (Å²) in [6, 6.07) is 9.81. The van der Waals surface area contributed by atoms with Crippen LogP contribution >= 0.6 is 0 Å². The van der Waals surface area contributed by atoms with E-state index in [2.05, 4.69) is 0 Å². The van der Waals surface area contributed by atoms with Gasteiger partial charge in [0.25, 0.3) is 0 Å². The van der Waals surface area contributed by atoms with Crippen molar-refractivity contribution in [1.82, 2.24) is 9.80 Å². The Morgan fingerprint density at radius 1 is 1.00 bits per heavy atom. The summed E-state index contributed by atoms with van der Waals surface area (Å²) in [4.78, 5) is 29.3. The van der Waals surface area contributed by atoms with Gasteiger partial charge in [-0.1, -0.05) is 30.3 Å². The van der Waals surface area contributed by atoms with E-state index in [1.807, 2.05) is 46.2 Å². The average Bonchev–Trinajstić information content (AvgIpc) is 3.16. The first kappa shape index (κ1) is 19.2. The minimum absolute atomic E-state index is 0.000680. The normalized spacial score (nSPS) is 26.3. The first-order chi connectivity index (χ1) is 13.7. The molecule has 6 heteroatoms. The lowest BCUT2D eigenvalue weighted by atomic mass is 9.98. The van der Waals surface area contributed by atoms with E-state index in [1.54, 1.807) is 6.08 Å². The molecule has 28 heavy (non-hydrogen) atoms. The van der Waals surface area contributed by atoms with Crippen LogP contribution in [0.2, 0.25) is 0 Å². The van der Waals surface area contributed by atoms with Gasteiger partial charge in [0.05, 0.1) is 19.7 Å². The van der Waals surface area contributed by atoms with Crippen molar-refractivity contribution in [3.63, 3.8) is 0 Å². The zero-order valence-electron chi connectivity index (χ0n) is 16.2. The van der Waals surface area contributed by atoms with Gasteiger partial charge in [-0.25, -0.2) is 0 Å². The number of carbonyl (C=O) groups excluding carboxylic acids is 2. The molecule has 3 saturated heterocycles. The molecule has 1 unspecified atom stereocenters. The number of morpholine rings is 1. The van der Waals surface area contributed by atoms with E-state index in [4.69, 9.17) is 9.47 Å². The van der Waals surface area contributed by atoms with Crippen LogP contribution in [0.15, 0.2) is 36.4 Å². The van der Waals surface area contributed by atoms with Crippen molar-refractivity contribution < 1.29 is 19.1 Å². The lowest BCUT2D eigenvalue weighted by Gasteiger charge is -2.40. The molecule has 1 aromatic carbocycles. The number of nitrogens with zero attached hydrogens (tertiary/aromatic N) is 2. The zero-order chi connectivity index (χ0) is 19.4. The average molecular weight is 384 g/mol. The van der Waals surface area contributed by atoms with E-state index in [0.29, 0.717) is 46.0 Å². The van der Waals surface area contributed by atoms with Crippen molar-refractivity contribution in [2.45, 2.75) is 24.9 Å². The summed E-state index contributed by atoms with van der Waals surface area (Å²) >= 11 is 0. The second-order valence-electron chi connectivity index (χ2n) is 7.93. The summed E-state index contributed by atoms with van der Waals surface area (Å²) < 4.78 is 11.5. The minimum Gasteiger partial charge on any atom is -0.381 e. The summed E-state index contributed by atoms with van der Waals surface area (Å²) in [6.45, 7) is 4.28. The number of benzene rings is 1. The largest absolute Gasteiger partial charge is 0.381 e. The Balaban J connectivity index is 1.36. The van der Waals surface area contributed by atoms with Gasteiger partial charge in [0.2, 0.25) is 11.8 Å². The molecule has 0 saturated carbocycles. The van der Waals surface area contributed by atoms with Gasteiger partial charge in [-0.05, 0) is 30.9 Å². The van der Waals surface area contributed by atoms with E-state index in [-0.39, 0.29) is 17.7 Å². The van der Waals surface area contributed by atoms with Crippen molar-refractivity contribution in [3.8, 4) is 0 Å². The molecule has 150 valence electrons. The molecule has 0 aromatic heterocycles. The Labute approximate surface area is 166 Å². The maximum Gasteiger partial charge on any atom is 0.246 e. The van der Waals surface area contributed by atoms with E-state index in [1.165, 1.54) is 0 Å². The highest BCUT2D eigenvalue weighted by molar-refractivity contribution is 5.92. The predicted molar refractivity (Wildman–Crippen MR) is 105 cm³/mol. The van der Waals surface area contributed by atoms with Gasteiger partial charge in [-0.15, -0.1) is 0 Å². The quantitative estimate of drug-likeness (QED) is 0.748. The molecule has 2 amide bonds. The Hall–Kier alpha value is -2.18. The molecule has 0 N–H and O–H groups in total. The number of hydrogen-bond acceptors (Lipinski definition) is 4. The van der Waals surface area contributed by atoms with Gasteiger partial charge in [0, 0.05) is 38.3 Å². The van der Waals surface area contributed by atoms with Gasteiger partial charge in [0.1, 0.15) is 5.60 Å². The van der Waals surface area contributed by atoms with Crippen LogP contribution in [0, 0.1) is 5.92 Å². The summed E-state index contributed by atoms with van der Waals surface area (Å²) in [6.07, 6.45) is 5.87. The van der Waals surface area contributed by atoms with Crippen molar-refractivity contribution in [2.24, 2.45) is 5.92 Å². The highest BCUT2D eigenvalue weighted by Crippen LogP contribution is 2.31. The standard InChI is InChI=1S/C22H28N2O4/c25-20(7-6-18-4-2-1-3-5-18)23-12-15-28-22(16-23)10-11-24(17-22)21(26)19-8-13-27-14-9-19/h1-7,19H,8-17H2. The molecule has 3 aliphatic heterocycles. The number of ether oxygens (including phenoxy) is 2. The van der Waals surface area contributed by atoms with Crippen LogP contribution < -0.4 is 0 Å². The van der Waals surface area contributed by atoms with E-state index in [0.717, 1.165) is 24.8 Å². The zero-order valence-corrected chi connectivity index (χ0v) is 16.2. The third-order valence-corrected chi connectivity index (χ3v) is 5.98. The highest BCUT2D eigenvalue weighted by Gasteiger charge is 2.45. The summed E-state index contributed by atoms with van der Waals surface area (Å²) in [5.41, 5.74) is 0.586. The fraction of sp³-hybridized carbons (Fsp3) is 0.545. The Morgan fingerprint density at radius 3 is 2.54 bits per heavy atom. The fourth-order valence-corrected chi connectivity index (χ4v) is 4.35. The SMILES string of the molecule is O=C(C=Cc1ccccc1)N1CCOC2(CCN(C(=O)C3CCOCC3)C2)C1. The maximum atomic E-state index is 12.8. The third kappa shape index (κ3) is 4.28. The van der Waals surface area contributed by atoms with Gasteiger partial charge in [-0.3, -0.25) is 9.59 Å². The number of hydrogen-bond donors (Lipinski definition) is 0. The first-order valence-electron chi connectivity index (χ1n) is 10.2. The van der Waals surface area contributed by atoms with Crippen LogP contribution in [0.4, 0.5) is 0 Å². The van der Waals surface area contributed by atoms with Crippen LogP contribution in [0.1, 0.15) is 24.8 Å². The Morgan fingerprint density at radius 2 is 1.75 bits per heavy atom. The monoisotopic (exact) mass is 384 g/mol. The molecule has 1 atom stereocenters. The van der Waals surface area contributed by atoms with Crippen LogP contribution in [-0.4, -0.2) is 73.2 Å². The molecule has 0 aliphatic carbocycles. The number of rotatable bonds is 3. The van der Waals surface area contributed by atoms with Crippen molar-refractivity contribution in [1.29, 1.82) is 0 Å². The van der Waals surface area contributed by atoms with Gasteiger partial charge >= 0.3 is 0 Å². The summed E-state index contributed by atoms with van der Waals surface area (Å²) in [5.74, 6) is 0.288. The van der Waals surface area contributed by atoms with E-state index in [9.17, 15) is 9.59 Å². The number of likely N-dealkylation sites (tertiary alicyclic amines) is 1. The minimum atomic E-state index is -0.421. The van der Waals surface area contributed by atoms with E-state index >= 15 is 0 Å². The molecular formula is C22H28N2O4. The van der Waals surface area contributed by atoms with Crippen LogP contribution in [0.3, 0.4) is 0 Å². The van der Waals surface area contributed by atoms with Gasteiger partial charge in [0.15, 0.2) is 0 Å². The molecule has 1 spiro atoms. The molecule has 0 radical (unpaired) electrons. The summed E-state index contributed by atoms with van der Waals surface area (Å²) in [5, 5.41) is 0. The maximum absolute atomic E-state index is 12.8. The predicted octanol–water partition coefficient (Wildman–Crippen LogP) is 1.96. The van der Waals surface area contributed by atoms with Crippen molar-refractivity contribution >= 4 is 17.9 Å². The topological polar surface area (TPSA) is 59.1 Å². The van der Waals surface area contributed by atoms with Crippen molar-refractivity contribution in [2.75, 3.05) is 46.0 Å². The van der Waals surface area contributed by atoms with Crippen LogP contribution in [-0.2, 0) is 19.1 Å². The smallest absolute Gasteiger partial charge is 0.246 e. The number of amides is 2. The lowest BCUT2D eigenvalue weighted by molar-refractivity contribution is -0.147. The molecular weight excluding hydrogens is 356 g/mol. The van der Waals surface area contributed by atoms with E-state index < -0.39 is 5.60 Å². The second-order valence-corrected chi connectivity index (χ2v) is 7.93. The first-order valence-corrected chi connectivity index (χ1v) is 10.2.